The number of hydrogen-bond donors (Lipinski definition) is 1. The van der Waals surface area contributed by atoms with Crippen LogP contribution in [0.25, 0.3) is 11.1 Å². The maximum Gasteiger partial charge on any atom is 0.257 e. The molecule has 30 heavy (non-hydrogen) atoms. The van der Waals surface area contributed by atoms with E-state index in [0.717, 1.165) is 62.3 Å². The Hall–Kier alpha value is -2.77. The molecule has 1 amide bonds. The Kier molecular flexibility index (Phi) is 6.40. The van der Waals surface area contributed by atoms with E-state index in [2.05, 4.69) is 50.4 Å². The highest BCUT2D eigenvalue weighted by Gasteiger charge is 2.17. The molecule has 4 rings (SSSR count). The van der Waals surface area contributed by atoms with Gasteiger partial charge in [0.25, 0.3) is 11.6 Å². The molecule has 0 bridgehead atoms. The van der Waals surface area contributed by atoms with E-state index in [-0.39, 0.29) is 5.91 Å². The maximum atomic E-state index is 12.7. The molecule has 0 spiro atoms. The molecule has 1 saturated heterocycles. The van der Waals surface area contributed by atoms with Crippen molar-refractivity contribution < 1.29 is 9.32 Å². The summed E-state index contributed by atoms with van der Waals surface area (Å²) in [4.78, 5) is 21.9. The van der Waals surface area contributed by atoms with Crippen molar-refractivity contribution in [3.8, 4) is 0 Å². The Morgan fingerprint density at radius 3 is 2.57 bits per heavy atom. The van der Waals surface area contributed by atoms with Gasteiger partial charge in [0.1, 0.15) is 0 Å². The van der Waals surface area contributed by atoms with Crippen LogP contribution in [0.4, 0.5) is 0 Å². The van der Waals surface area contributed by atoms with Gasteiger partial charge in [0.2, 0.25) is 0 Å². The van der Waals surface area contributed by atoms with Crippen LogP contribution >= 0.6 is 0 Å². The van der Waals surface area contributed by atoms with Crippen LogP contribution in [0.3, 0.4) is 0 Å². The molecule has 7 heteroatoms. The molecule has 2 aromatic heterocycles. The van der Waals surface area contributed by atoms with Gasteiger partial charge >= 0.3 is 0 Å². The second-order valence-electron chi connectivity index (χ2n) is 7.72. The average molecular weight is 408 g/mol. The van der Waals surface area contributed by atoms with Gasteiger partial charge in [0, 0.05) is 45.5 Å². The summed E-state index contributed by atoms with van der Waals surface area (Å²) in [5.74, 6) is -0.140. The van der Waals surface area contributed by atoms with E-state index < -0.39 is 0 Å². The van der Waals surface area contributed by atoms with Crippen LogP contribution in [0.5, 0.6) is 0 Å². The molecule has 3 heterocycles. The van der Waals surface area contributed by atoms with Gasteiger partial charge in [-0.2, -0.15) is 0 Å². The molecule has 158 valence electrons. The normalized spacial score (nSPS) is 15.5. The van der Waals surface area contributed by atoms with E-state index in [1.165, 1.54) is 5.56 Å². The molecule has 1 fully saturated rings. The smallest absolute Gasteiger partial charge is 0.257 e. The number of rotatable bonds is 7. The van der Waals surface area contributed by atoms with Crippen LogP contribution in [0.2, 0.25) is 0 Å². The van der Waals surface area contributed by atoms with Crippen molar-refractivity contribution >= 4 is 17.0 Å². The summed E-state index contributed by atoms with van der Waals surface area (Å²) in [5.41, 5.74) is 4.23. The third kappa shape index (κ3) is 4.52. The van der Waals surface area contributed by atoms with Crippen molar-refractivity contribution in [3.05, 3.63) is 58.9 Å². The molecule has 7 nitrogen and oxygen atoms in total. The van der Waals surface area contributed by atoms with Gasteiger partial charge in [-0.05, 0) is 30.2 Å². The summed E-state index contributed by atoms with van der Waals surface area (Å²) < 4.78 is 5.21. The lowest BCUT2D eigenvalue weighted by Gasteiger charge is -2.34. The Bertz CT molecular complexity index is 1010. The molecule has 1 N–H and O–H groups in total. The SMILES string of the molecule is CCc1noc2ncc(C(=O)NCc3ccccc3CN3CCN(CC)CC3)cc12. The lowest BCUT2D eigenvalue weighted by atomic mass is 10.1. The number of likely N-dealkylation sites (N-methyl/N-ethyl adjacent to an activating group) is 1. The van der Waals surface area contributed by atoms with Gasteiger partial charge in [-0.1, -0.05) is 43.3 Å². The second-order valence-corrected chi connectivity index (χ2v) is 7.72. The van der Waals surface area contributed by atoms with Gasteiger partial charge in [-0.15, -0.1) is 0 Å². The van der Waals surface area contributed by atoms with E-state index in [1.807, 2.05) is 19.1 Å². The molecular weight excluding hydrogens is 378 g/mol. The third-order valence-electron chi connectivity index (χ3n) is 5.87. The van der Waals surface area contributed by atoms with Gasteiger partial charge in [-0.25, -0.2) is 4.98 Å². The highest BCUT2D eigenvalue weighted by Crippen LogP contribution is 2.18. The number of nitrogens with one attached hydrogen (secondary N) is 1. The molecule has 0 aliphatic carbocycles. The Morgan fingerprint density at radius 2 is 1.83 bits per heavy atom. The van der Waals surface area contributed by atoms with Gasteiger partial charge < -0.3 is 14.7 Å². The molecule has 3 aromatic rings. The number of piperazine rings is 1. The van der Waals surface area contributed by atoms with Gasteiger partial charge in [-0.3, -0.25) is 9.69 Å². The summed E-state index contributed by atoms with van der Waals surface area (Å²) in [6.07, 6.45) is 2.28. The lowest BCUT2D eigenvalue weighted by molar-refractivity contribution is 0.0950. The number of amides is 1. The number of pyridine rings is 1. The number of hydrogen-bond acceptors (Lipinski definition) is 6. The zero-order chi connectivity index (χ0) is 20.9. The predicted molar refractivity (Wildman–Crippen MR) is 116 cm³/mol. The fourth-order valence-electron chi connectivity index (χ4n) is 3.92. The number of fused-ring (bicyclic) bond motifs is 1. The summed E-state index contributed by atoms with van der Waals surface area (Å²) in [7, 11) is 0. The predicted octanol–water partition coefficient (Wildman–Crippen LogP) is 2.85. The van der Waals surface area contributed by atoms with Crippen LogP contribution in [0.15, 0.2) is 41.1 Å². The first kappa shape index (κ1) is 20.5. The summed E-state index contributed by atoms with van der Waals surface area (Å²) in [6.45, 7) is 11.1. The standard InChI is InChI=1S/C23H29N5O2/c1-3-21-20-13-19(15-25-23(20)30-26-21)22(29)24-14-17-7-5-6-8-18(17)16-28-11-9-27(4-2)10-12-28/h5-8,13,15H,3-4,9-12,14,16H2,1-2H3,(H,24,29). The van der Waals surface area contributed by atoms with Gasteiger partial charge in [0.05, 0.1) is 16.6 Å². The first-order valence-electron chi connectivity index (χ1n) is 10.7. The number of aryl methyl sites for hydroxylation is 1. The number of nitrogens with zero attached hydrogens (tertiary/aromatic N) is 4. The van der Waals surface area contributed by atoms with Crippen molar-refractivity contribution in [3.63, 3.8) is 0 Å². The summed E-state index contributed by atoms with van der Waals surface area (Å²) in [5, 5.41) is 7.86. The first-order valence-corrected chi connectivity index (χ1v) is 10.7. The maximum absolute atomic E-state index is 12.7. The summed E-state index contributed by atoms with van der Waals surface area (Å²) in [6, 6.07) is 10.2. The highest BCUT2D eigenvalue weighted by molar-refractivity contribution is 5.96. The minimum absolute atomic E-state index is 0.140. The van der Waals surface area contributed by atoms with Crippen molar-refractivity contribution in [2.75, 3.05) is 32.7 Å². The minimum atomic E-state index is -0.140. The highest BCUT2D eigenvalue weighted by atomic mass is 16.5. The molecule has 0 saturated carbocycles. The second kappa shape index (κ2) is 9.36. The van der Waals surface area contributed by atoms with Crippen LogP contribution in [-0.4, -0.2) is 58.6 Å². The van der Waals surface area contributed by atoms with E-state index in [0.29, 0.717) is 17.8 Å². The molecule has 0 radical (unpaired) electrons. The zero-order valence-electron chi connectivity index (χ0n) is 17.7. The topological polar surface area (TPSA) is 74.5 Å². The van der Waals surface area contributed by atoms with E-state index >= 15 is 0 Å². The number of benzene rings is 1. The van der Waals surface area contributed by atoms with E-state index in [4.69, 9.17) is 4.52 Å². The minimum Gasteiger partial charge on any atom is -0.348 e. The molecule has 0 unspecified atom stereocenters. The van der Waals surface area contributed by atoms with Crippen molar-refractivity contribution in [2.45, 2.75) is 33.4 Å². The Labute approximate surface area is 177 Å². The number of aromatic nitrogens is 2. The zero-order valence-corrected chi connectivity index (χ0v) is 17.7. The molecule has 0 atom stereocenters. The monoisotopic (exact) mass is 407 g/mol. The van der Waals surface area contributed by atoms with Gasteiger partial charge in [0.15, 0.2) is 0 Å². The fraction of sp³-hybridized carbons (Fsp3) is 0.435. The van der Waals surface area contributed by atoms with Crippen molar-refractivity contribution in [2.24, 2.45) is 0 Å². The van der Waals surface area contributed by atoms with Crippen LogP contribution in [0.1, 0.15) is 41.0 Å². The molecule has 1 aliphatic heterocycles. The largest absolute Gasteiger partial charge is 0.348 e. The quantitative estimate of drug-likeness (QED) is 0.649. The molecule has 1 aliphatic rings. The molecule has 1 aromatic carbocycles. The first-order chi connectivity index (χ1) is 14.7. The van der Waals surface area contributed by atoms with E-state index in [9.17, 15) is 4.79 Å². The lowest BCUT2D eigenvalue weighted by Crippen LogP contribution is -2.45. The Balaban J connectivity index is 1.41. The number of carbonyl (C=O) groups is 1. The van der Waals surface area contributed by atoms with Crippen LogP contribution < -0.4 is 5.32 Å². The van der Waals surface area contributed by atoms with Crippen LogP contribution in [-0.2, 0) is 19.5 Å². The Morgan fingerprint density at radius 1 is 1.10 bits per heavy atom. The number of carbonyl (C=O) groups excluding carboxylic acids is 1. The van der Waals surface area contributed by atoms with E-state index in [1.54, 1.807) is 6.20 Å². The third-order valence-corrected chi connectivity index (χ3v) is 5.87. The average Bonchev–Trinajstić information content (AvgIpc) is 3.21. The van der Waals surface area contributed by atoms with Crippen LogP contribution in [0, 0.1) is 0 Å². The molecular formula is C23H29N5O2. The fourth-order valence-corrected chi connectivity index (χ4v) is 3.92. The van der Waals surface area contributed by atoms with Crippen molar-refractivity contribution in [1.82, 2.24) is 25.3 Å². The summed E-state index contributed by atoms with van der Waals surface area (Å²) >= 11 is 0. The van der Waals surface area contributed by atoms with Crippen molar-refractivity contribution in [1.29, 1.82) is 0 Å².